The zero-order chi connectivity index (χ0) is 17.4. The number of aromatic nitrogens is 1. The van der Waals surface area contributed by atoms with Gasteiger partial charge in [0.05, 0.1) is 5.52 Å². The van der Waals surface area contributed by atoms with E-state index in [4.69, 9.17) is 5.73 Å². The molecule has 7 heteroatoms. The molecule has 0 atom stereocenters. The Bertz CT molecular complexity index is 979. The minimum atomic E-state index is -1.02. The van der Waals surface area contributed by atoms with Crippen molar-refractivity contribution in [3.05, 3.63) is 59.4 Å². The van der Waals surface area contributed by atoms with Gasteiger partial charge in [0.25, 0.3) is 5.91 Å². The smallest absolute Gasteiger partial charge is 0.326 e. The Morgan fingerprint density at radius 3 is 2.58 bits per heavy atom. The van der Waals surface area contributed by atoms with E-state index in [1.807, 2.05) is 19.1 Å². The lowest BCUT2D eigenvalue weighted by Crippen LogP contribution is -2.19. The Morgan fingerprint density at radius 2 is 1.92 bits per heavy atom. The highest BCUT2D eigenvalue weighted by atomic mass is 19.1. The molecule has 122 valence electrons. The van der Waals surface area contributed by atoms with Crippen LogP contribution in [0.4, 0.5) is 14.9 Å². The average Bonchev–Trinajstić information content (AvgIpc) is 2.80. The third-order valence-corrected chi connectivity index (χ3v) is 3.75. The number of carbonyl (C=O) groups excluding carboxylic acids is 2. The van der Waals surface area contributed by atoms with Crippen molar-refractivity contribution in [3.63, 3.8) is 0 Å². The first-order valence-electron chi connectivity index (χ1n) is 7.10. The summed E-state index contributed by atoms with van der Waals surface area (Å²) < 4.78 is 14.2. The molecule has 0 unspecified atom stereocenters. The summed E-state index contributed by atoms with van der Waals surface area (Å²) in [6.07, 6.45) is 0. The first-order valence-corrected chi connectivity index (χ1v) is 7.10. The fourth-order valence-corrected chi connectivity index (χ4v) is 2.59. The minimum Gasteiger partial charge on any atom is -0.494 e. The van der Waals surface area contributed by atoms with Gasteiger partial charge in [0.15, 0.2) is 0 Å². The molecule has 0 aliphatic carbocycles. The van der Waals surface area contributed by atoms with Gasteiger partial charge in [-0.05, 0) is 36.8 Å². The van der Waals surface area contributed by atoms with Crippen molar-refractivity contribution in [2.75, 3.05) is 5.32 Å². The number of para-hydroxylation sites is 1. The second-order valence-corrected chi connectivity index (χ2v) is 5.30. The van der Waals surface area contributed by atoms with Crippen LogP contribution in [-0.2, 0) is 0 Å². The van der Waals surface area contributed by atoms with E-state index >= 15 is 0 Å². The van der Waals surface area contributed by atoms with Crippen LogP contribution in [0.25, 0.3) is 10.9 Å². The fraction of sp³-hybridized carbons (Fsp3) is 0.0588. The number of hydrogen-bond donors (Lipinski definition) is 3. The number of nitrogens with zero attached hydrogens (tertiary/aromatic N) is 1. The van der Waals surface area contributed by atoms with E-state index in [1.54, 1.807) is 12.1 Å². The first-order chi connectivity index (χ1) is 11.4. The Morgan fingerprint density at radius 1 is 1.21 bits per heavy atom. The van der Waals surface area contributed by atoms with Gasteiger partial charge in [-0.15, -0.1) is 0 Å². The van der Waals surface area contributed by atoms with Crippen LogP contribution in [0.5, 0.6) is 5.88 Å². The molecule has 24 heavy (non-hydrogen) atoms. The number of nitrogens with two attached hydrogens (primary N) is 1. The van der Waals surface area contributed by atoms with Crippen LogP contribution < -0.4 is 11.1 Å². The lowest BCUT2D eigenvalue weighted by atomic mass is 10.1. The van der Waals surface area contributed by atoms with Crippen LogP contribution in [0.1, 0.15) is 15.9 Å². The summed E-state index contributed by atoms with van der Waals surface area (Å²) in [6.45, 7) is 1.82. The Labute approximate surface area is 136 Å². The zero-order valence-electron chi connectivity index (χ0n) is 12.7. The molecule has 3 aromatic rings. The summed E-state index contributed by atoms with van der Waals surface area (Å²) in [5.41, 5.74) is 6.50. The van der Waals surface area contributed by atoms with E-state index in [-0.39, 0.29) is 16.5 Å². The van der Waals surface area contributed by atoms with Gasteiger partial charge in [0.2, 0.25) is 5.88 Å². The molecule has 3 rings (SSSR count). The number of amides is 2. The topological polar surface area (TPSA) is 97.3 Å². The number of rotatable bonds is 2. The largest absolute Gasteiger partial charge is 0.494 e. The van der Waals surface area contributed by atoms with Crippen molar-refractivity contribution in [2.45, 2.75) is 6.92 Å². The molecule has 0 saturated heterocycles. The SMILES string of the molecule is Cc1ccccc1NC(=O)c1c(O)n(C(N)=O)c2cc(F)ccc12. The normalized spacial score (nSPS) is 10.8. The van der Waals surface area contributed by atoms with Gasteiger partial charge in [0.1, 0.15) is 11.4 Å². The van der Waals surface area contributed by atoms with Gasteiger partial charge >= 0.3 is 6.03 Å². The molecule has 0 radical (unpaired) electrons. The maximum atomic E-state index is 13.5. The number of nitrogens with one attached hydrogen (secondary N) is 1. The predicted octanol–water partition coefficient (Wildman–Crippen LogP) is 2.97. The van der Waals surface area contributed by atoms with Gasteiger partial charge in [0, 0.05) is 11.1 Å². The number of aromatic hydroxyl groups is 1. The molecular formula is C17H14FN3O3. The summed E-state index contributed by atoms with van der Waals surface area (Å²) >= 11 is 0. The summed E-state index contributed by atoms with van der Waals surface area (Å²) in [5, 5.41) is 13.2. The monoisotopic (exact) mass is 327 g/mol. The van der Waals surface area contributed by atoms with Crippen molar-refractivity contribution in [3.8, 4) is 5.88 Å². The predicted molar refractivity (Wildman–Crippen MR) is 87.7 cm³/mol. The second-order valence-electron chi connectivity index (χ2n) is 5.30. The average molecular weight is 327 g/mol. The molecule has 0 spiro atoms. The number of benzene rings is 2. The van der Waals surface area contributed by atoms with Gasteiger partial charge in [-0.1, -0.05) is 18.2 Å². The fourth-order valence-electron chi connectivity index (χ4n) is 2.59. The van der Waals surface area contributed by atoms with Crippen LogP contribution in [0.3, 0.4) is 0 Å². The first kappa shape index (κ1) is 15.5. The van der Waals surface area contributed by atoms with Crippen LogP contribution in [0, 0.1) is 12.7 Å². The molecule has 0 bridgehead atoms. The third-order valence-electron chi connectivity index (χ3n) is 3.75. The summed E-state index contributed by atoms with van der Waals surface area (Å²) in [4.78, 5) is 24.2. The Hall–Kier alpha value is -3.35. The quantitative estimate of drug-likeness (QED) is 0.675. The van der Waals surface area contributed by atoms with Crippen LogP contribution in [-0.4, -0.2) is 21.6 Å². The van der Waals surface area contributed by atoms with Crippen molar-refractivity contribution >= 4 is 28.5 Å². The highest BCUT2D eigenvalue weighted by Gasteiger charge is 2.25. The highest BCUT2D eigenvalue weighted by Crippen LogP contribution is 2.32. The number of carbonyl (C=O) groups is 2. The maximum absolute atomic E-state index is 13.5. The molecule has 1 aromatic heterocycles. The van der Waals surface area contributed by atoms with Crippen molar-refractivity contribution in [1.29, 1.82) is 0 Å². The molecule has 1 heterocycles. The van der Waals surface area contributed by atoms with Gasteiger partial charge in [-0.3, -0.25) is 4.79 Å². The molecular weight excluding hydrogens is 313 g/mol. The second kappa shape index (κ2) is 5.69. The standard InChI is InChI=1S/C17H14FN3O3/c1-9-4-2-3-5-12(9)20-15(22)14-11-7-6-10(18)8-13(11)21(16(14)23)17(19)24/h2-8,23H,1H3,(H2,19,24)(H,20,22). The number of hydrogen-bond acceptors (Lipinski definition) is 3. The van der Waals surface area contributed by atoms with E-state index < -0.39 is 23.6 Å². The lowest BCUT2D eigenvalue weighted by Gasteiger charge is -2.08. The van der Waals surface area contributed by atoms with E-state index in [0.717, 1.165) is 17.7 Å². The molecule has 0 aliphatic heterocycles. The van der Waals surface area contributed by atoms with Crippen LogP contribution >= 0.6 is 0 Å². The van der Waals surface area contributed by atoms with E-state index in [2.05, 4.69) is 5.32 Å². The van der Waals surface area contributed by atoms with Crippen molar-refractivity contribution < 1.29 is 19.1 Å². The molecule has 6 nitrogen and oxygen atoms in total. The number of anilines is 1. The van der Waals surface area contributed by atoms with E-state index in [0.29, 0.717) is 10.3 Å². The summed E-state index contributed by atoms with van der Waals surface area (Å²) in [6, 6.07) is 9.57. The highest BCUT2D eigenvalue weighted by molar-refractivity contribution is 6.16. The molecule has 0 saturated carbocycles. The van der Waals surface area contributed by atoms with E-state index in [1.165, 1.54) is 6.07 Å². The molecule has 0 aliphatic rings. The van der Waals surface area contributed by atoms with Gasteiger partial charge in [-0.25, -0.2) is 13.8 Å². The third kappa shape index (κ3) is 2.45. The van der Waals surface area contributed by atoms with E-state index in [9.17, 15) is 19.1 Å². The van der Waals surface area contributed by atoms with Gasteiger partial charge < -0.3 is 16.2 Å². The molecule has 2 aromatic carbocycles. The number of primary amides is 1. The van der Waals surface area contributed by atoms with Crippen LogP contribution in [0.2, 0.25) is 0 Å². The number of fused-ring (bicyclic) bond motifs is 1. The van der Waals surface area contributed by atoms with Crippen molar-refractivity contribution in [1.82, 2.24) is 4.57 Å². The van der Waals surface area contributed by atoms with Crippen molar-refractivity contribution in [2.24, 2.45) is 5.73 Å². The molecule has 2 amide bonds. The van der Waals surface area contributed by atoms with Crippen LogP contribution in [0.15, 0.2) is 42.5 Å². The number of halogens is 1. The van der Waals surface area contributed by atoms with Gasteiger partial charge in [-0.2, -0.15) is 0 Å². The molecule has 0 fully saturated rings. The minimum absolute atomic E-state index is 0.0231. The molecule has 4 N–H and O–H groups in total. The maximum Gasteiger partial charge on any atom is 0.326 e. The summed E-state index contributed by atoms with van der Waals surface area (Å²) in [5.74, 6) is -1.87. The number of aryl methyl sites for hydroxylation is 1. The Kier molecular flexibility index (Phi) is 3.69. The lowest BCUT2D eigenvalue weighted by molar-refractivity contribution is 0.102. The summed E-state index contributed by atoms with van der Waals surface area (Å²) in [7, 11) is 0. The zero-order valence-corrected chi connectivity index (χ0v) is 12.7. The Balaban J connectivity index is 2.16.